The number of hydrogen-bond acceptors (Lipinski definition) is 4. The van der Waals surface area contributed by atoms with E-state index in [9.17, 15) is 0 Å². The molecular formula is C18H22N2O5. The van der Waals surface area contributed by atoms with Crippen molar-refractivity contribution >= 4 is 11.9 Å². The largest absolute Gasteiger partial charge is 0.493 e. The second-order valence-corrected chi connectivity index (χ2v) is 5.07. The normalized spacial score (nSPS) is 9.60. The lowest BCUT2D eigenvalue weighted by atomic mass is 10.1. The zero-order chi connectivity index (χ0) is 18.5. The van der Waals surface area contributed by atoms with E-state index in [0.717, 1.165) is 38.2 Å². The molecule has 7 heteroatoms. The minimum Gasteiger partial charge on any atom is -0.493 e. The molecular weight excluding hydrogens is 324 g/mol. The molecule has 0 unspecified atom stereocenters. The quantitative estimate of drug-likeness (QED) is 0.433. The lowest BCUT2D eigenvalue weighted by Gasteiger charge is -2.10. The average Bonchev–Trinajstić information content (AvgIpc) is 3.10. The third-order valence-corrected chi connectivity index (χ3v) is 3.15. The van der Waals surface area contributed by atoms with Gasteiger partial charge in [0.05, 0.1) is 12.9 Å². The Morgan fingerprint density at radius 1 is 1.20 bits per heavy atom. The van der Waals surface area contributed by atoms with E-state index < -0.39 is 11.9 Å². The van der Waals surface area contributed by atoms with E-state index in [1.165, 1.54) is 5.56 Å². The number of unbranched alkanes of at least 4 members (excludes halogenated alkanes) is 1. The Hall–Kier alpha value is -3.09. The van der Waals surface area contributed by atoms with E-state index in [-0.39, 0.29) is 0 Å². The van der Waals surface area contributed by atoms with E-state index in [2.05, 4.69) is 22.2 Å². The summed E-state index contributed by atoms with van der Waals surface area (Å²) in [6.45, 7) is 5.52. The topological polar surface area (TPSA) is 102 Å². The molecule has 0 fully saturated rings. The Balaban J connectivity index is 0.000000450. The van der Waals surface area contributed by atoms with Crippen molar-refractivity contribution in [3.63, 3.8) is 0 Å². The number of ether oxygens (including phenoxy) is 1. The first kappa shape index (κ1) is 20.0. The molecule has 0 radical (unpaired) electrons. The van der Waals surface area contributed by atoms with Crippen LogP contribution in [-0.2, 0) is 22.6 Å². The van der Waals surface area contributed by atoms with Gasteiger partial charge in [0.25, 0.3) is 0 Å². The van der Waals surface area contributed by atoms with Crippen molar-refractivity contribution in [2.45, 2.75) is 25.8 Å². The fraction of sp³-hybridized carbons (Fsp3) is 0.278. The van der Waals surface area contributed by atoms with E-state index in [0.29, 0.717) is 0 Å². The maximum absolute atomic E-state index is 9.10. The average molecular weight is 346 g/mol. The number of carbonyl (C=O) groups is 2. The number of nitrogens with zero attached hydrogens (tertiary/aromatic N) is 2. The van der Waals surface area contributed by atoms with Gasteiger partial charge < -0.3 is 19.5 Å². The standard InChI is InChI=1S/C16H20N2O.C2H2O4/c1-2-7-15-8-3-4-9-16(15)19-13-6-5-11-18-12-10-17-14-18;3-1(4)2(5)6/h2-4,8-10,12,14H,1,5-7,11,13H2;(H,3,4)(H,5,6). The Labute approximate surface area is 146 Å². The molecule has 1 heterocycles. The summed E-state index contributed by atoms with van der Waals surface area (Å²) in [6, 6.07) is 8.15. The van der Waals surface area contributed by atoms with Gasteiger partial charge in [-0.2, -0.15) is 0 Å². The minimum absolute atomic E-state index is 0.753. The summed E-state index contributed by atoms with van der Waals surface area (Å²) in [5.41, 5.74) is 1.20. The van der Waals surface area contributed by atoms with Gasteiger partial charge in [-0.1, -0.05) is 24.3 Å². The number of carboxylic acid groups (broad SMARTS) is 2. The lowest BCUT2D eigenvalue weighted by Crippen LogP contribution is -2.09. The number of imidazole rings is 1. The SMILES string of the molecule is C=CCc1ccccc1OCCCCn1ccnc1.O=C(O)C(=O)O. The number of rotatable bonds is 8. The number of aryl methyl sites for hydroxylation is 1. The molecule has 0 aliphatic rings. The molecule has 0 spiro atoms. The molecule has 1 aromatic heterocycles. The number of allylic oxidation sites excluding steroid dienone is 1. The predicted octanol–water partition coefficient (Wildman–Crippen LogP) is 2.63. The zero-order valence-corrected chi connectivity index (χ0v) is 13.9. The second-order valence-electron chi connectivity index (χ2n) is 5.07. The Kier molecular flexibility index (Phi) is 9.14. The van der Waals surface area contributed by atoms with Gasteiger partial charge in [-0.15, -0.1) is 6.58 Å². The molecule has 0 aliphatic heterocycles. The number of para-hydroxylation sites is 1. The van der Waals surface area contributed by atoms with Crippen LogP contribution in [0.25, 0.3) is 0 Å². The molecule has 2 aromatic rings. The highest BCUT2D eigenvalue weighted by molar-refractivity contribution is 6.27. The van der Waals surface area contributed by atoms with Gasteiger partial charge in [-0.3, -0.25) is 0 Å². The van der Waals surface area contributed by atoms with Gasteiger partial charge in [-0.25, -0.2) is 14.6 Å². The summed E-state index contributed by atoms with van der Waals surface area (Å²) >= 11 is 0. The molecule has 0 amide bonds. The fourth-order valence-electron chi connectivity index (χ4n) is 1.97. The van der Waals surface area contributed by atoms with E-state index in [4.69, 9.17) is 24.5 Å². The molecule has 1 aromatic carbocycles. The van der Waals surface area contributed by atoms with E-state index in [1.54, 1.807) is 0 Å². The Bertz CT molecular complexity index is 656. The van der Waals surface area contributed by atoms with Gasteiger partial charge in [0.15, 0.2) is 0 Å². The van der Waals surface area contributed by atoms with E-state index in [1.807, 2.05) is 43.0 Å². The molecule has 0 bridgehead atoms. The maximum Gasteiger partial charge on any atom is 0.414 e. The highest BCUT2D eigenvalue weighted by Gasteiger charge is 2.04. The molecule has 0 saturated carbocycles. The van der Waals surface area contributed by atoms with Crippen LogP contribution < -0.4 is 4.74 Å². The molecule has 0 atom stereocenters. The third kappa shape index (κ3) is 8.36. The van der Waals surface area contributed by atoms with Crippen molar-refractivity contribution in [3.8, 4) is 5.75 Å². The fourth-order valence-corrected chi connectivity index (χ4v) is 1.97. The minimum atomic E-state index is -1.82. The van der Waals surface area contributed by atoms with Gasteiger partial charge in [0, 0.05) is 18.9 Å². The summed E-state index contributed by atoms with van der Waals surface area (Å²) in [5, 5.41) is 14.8. The van der Waals surface area contributed by atoms with Crippen LogP contribution in [-0.4, -0.2) is 38.3 Å². The van der Waals surface area contributed by atoms with E-state index >= 15 is 0 Å². The molecule has 134 valence electrons. The van der Waals surface area contributed by atoms with Gasteiger partial charge in [-0.05, 0) is 30.9 Å². The molecule has 2 N–H and O–H groups in total. The summed E-state index contributed by atoms with van der Waals surface area (Å²) in [7, 11) is 0. The molecule has 7 nitrogen and oxygen atoms in total. The number of carboxylic acids is 2. The highest BCUT2D eigenvalue weighted by atomic mass is 16.5. The third-order valence-electron chi connectivity index (χ3n) is 3.15. The Morgan fingerprint density at radius 2 is 1.92 bits per heavy atom. The van der Waals surface area contributed by atoms with Crippen LogP contribution >= 0.6 is 0 Å². The summed E-state index contributed by atoms with van der Waals surface area (Å²) in [4.78, 5) is 22.2. The van der Waals surface area contributed by atoms with Crippen LogP contribution in [0.15, 0.2) is 55.6 Å². The summed E-state index contributed by atoms with van der Waals surface area (Å²) in [6.07, 6.45) is 10.5. The van der Waals surface area contributed by atoms with Crippen LogP contribution in [0.2, 0.25) is 0 Å². The van der Waals surface area contributed by atoms with Crippen molar-refractivity contribution in [1.82, 2.24) is 9.55 Å². The van der Waals surface area contributed by atoms with Gasteiger partial charge in [0.2, 0.25) is 0 Å². The monoisotopic (exact) mass is 346 g/mol. The first-order valence-corrected chi connectivity index (χ1v) is 7.78. The highest BCUT2D eigenvalue weighted by Crippen LogP contribution is 2.19. The van der Waals surface area contributed by atoms with Crippen molar-refractivity contribution in [2.24, 2.45) is 0 Å². The van der Waals surface area contributed by atoms with Crippen molar-refractivity contribution in [1.29, 1.82) is 0 Å². The van der Waals surface area contributed by atoms with Gasteiger partial charge >= 0.3 is 11.9 Å². The van der Waals surface area contributed by atoms with Crippen LogP contribution in [0, 0.1) is 0 Å². The number of benzene rings is 1. The van der Waals surface area contributed by atoms with Crippen LogP contribution in [0.1, 0.15) is 18.4 Å². The van der Waals surface area contributed by atoms with Crippen molar-refractivity contribution in [3.05, 3.63) is 61.2 Å². The predicted molar refractivity (Wildman–Crippen MR) is 92.6 cm³/mol. The smallest absolute Gasteiger partial charge is 0.414 e. The number of aliphatic carboxylic acids is 2. The van der Waals surface area contributed by atoms with Crippen LogP contribution in [0.4, 0.5) is 0 Å². The lowest BCUT2D eigenvalue weighted by molar-refractivity contribution is -0.159. The molecule has 25 heavy (non-hydrogen) atoms. The molecule has 0 aliphatic carbocycles. The molecule has 0 saturated heterocycles. The second kappa shape index (κ2) is 11.4. The number of aromatic nitrogens is 2. The first-order valence-electron chi connectivity index (χ1n) is 7.78. The summed E-state index contributed by atoms with van der Waals surface area (Å²) < 4.78 is 7.93. The van der Waals surface area contributed by atoms with Crippen molar-refractivity contribution < 1.29 is 24.5 Å². The molecule has 2 rings (SSSR count). The Morgan fingerprint density at radius 3 is 2.52 bits per heavy atom. The number of hydrogen-bond donors (Lipinski definition) is 2. The van der Waals surface area contributed by atoms with Crippen LogP contribution in [0.3, 0.4) is 0 Å². The maximum atomic E-state index is 9.10. The van der Waals surface area contributed by atoms with Crippen LogP contribution in [0.5, 0.6) is 5.75 Å². The summed E-state index contributed by atoms with van der Waals surface area (Å²) in [5.74, 6) is -2.67. The van der Waals surface area contributed by atoms with Crippen molar-refractivity contribution in [2.75, 3.05) is 6.61 Å². The zero-order valence-electron chi connectivity index (χ0n) is 13.9. The first-order chi connectivity index (χ1) is 12.0. The van der Waals surface area contributed by atoms with Gasteiger partial charge in [0.1, 0.15) is 5.75 Å².